The number of likely N-dealkylation sites (N-methyl/N-ethyl adjacent to an activating group) is 1. The summed E-state index contributed by atoms with van der Waals surface area (Å²) >= 11 is 5.40. The molecule has 0 N–H and O–H groups in total. The van der Waals surface area contributed by atoms with Crippen molar-refractivity contribution in [2.45, 2.75) is 19.8 Å². The van der Waals surface area contributed by atoms with Gasteiger partial charge in [0.25, 0.3) is 5.91 Å². The summed E-state index contributed by atoms with van der Waals surface area (Å²) in [6, 6.07) is 3.60. The minimum Gasteiger partial charge on any atom is -0.493 e. The predicted molar refractivity (Wildman–Crippen MR) is 101 cm³/mol. The van der Waals surface area contributed by atoms with Gasteiger partial charge in [-0.2, -0.15) is 0 Å². The maximum atomic E-state index is 12.7. The lowest BCUT2D eigenvalue weighted by Crippen LogP contribution is -2.32. The lowest BCUT2D eigenvalue weighted by atomic mass is 10.1. The molecule has 1 aromatic carbocycles. The third-order valence-corrected chi connectivity index (χ3v) is 4.56. The van der Waals surface area contributed by atoms with Crippen LogP contribution in [0.4, 0.5) is 0 Å². The van der Waals surface area contributed by atoms with Crippen LogP contribution < -0.4 is 14.2 Å². The van der Waals surface area contributed by atoms with Crippen LogP contribution in [0, 0.1) is 0 Å². The number of amides is 1. The number of unbranched alkanes of at least 4 members (excludes halogenated alkanes) is 1. The summed E-state index contributed by atoms with van der Waals surface area (Å²) in [5.74, 6) is 1.49. The van der Waals surface area contributed by atoms with Crippen LogP contribution in [0.1, 0.15) is 25.3 Å². The molecular formula is C18H24N2O4S. The van der Waals surface area contributed by atoms with Gasteiger partial charge in [0.1, 0.15) is 5.70 Å². The Balaban J connectivity index is 2.42. The Hall–Kier alpha value is -2.28. The number of rotatable bonds is 7. The van der Waals surface area contributed by atoms with Crippen molar-refractivity contribution in [1.29, 1.82) is 0 Å². The first-order valence-corrected chi connectivity index (χ1v) is 8.50. The number of ether oxygens (including phenoxy) is 3. The molecule has 2 rings (SSSR count). The molecule has 1 heterocycles. The molecule has 1 saturated heterocycles. The van der Waals surface area contributed by atoms with Crippen LogP contribution in [-0.2, 0) is 4.79 Å². The molecule has 0 aromatic heterocycles. The van der Waals surface area contributed by atoms with E-state index in [4.69, 9.17) is 26.4 Å². The summed E-state index contributed by atoms with van der Waals surface area (Å²) < 4.78 is 16.1. The van der Waals surface area contributed by atoms with Gasteiger partial charge in [0.2, 0.25) is 5.75 Å². The smallest absolute Gasteiger partial charge is 0.276 e. The molecule has 6 nitrogen and oxygen atoms in total. The van der Waals surface area contributed by atoms with Gasteiger partial charge in [0.15, 0.2) is 16.6 Å². The summed E-state index contributed by atoms with van der Waals surface area (Å²) in [6.45, 7) is 2.71. The van der Waals surface area contributed by atoms with E-state index in [9.17, 15) is 4.79 Å². The van der Waals surface area contributed by atoms with E-state index in [1.807, 2.05) is 0 Å². The normalized spacial score (nSPS) is 16.0. The van der Waals surface area contributed by atoms with E-state index in [1.165, 1.54) is 0 Å². The second-order valence-electron chi connectivity index (χ2n) is 5.64. The Kier molecular flexibility index (Phi) is 6.25. The van der Waals surface area contributed by atoms with Crippen LogP contribution in [0.15, 0.2) is 17.8 Å². The third-order valence-electron chi connectivity index (χ3n) is 4.07. The van der Waals surface area contributed by atoms with Gasteiger partial charge in [0.05, 0.1) is 21.3 Å². The van der Waals surface area contributed by atoms with Crippen molar-refractivity contribution in [3.63, 3.8) is 0 Å². The highest BCUT2D eigenvalue weighted by atomic mass is 32.1. The molecule has 1 aromatic rings. The second-order valence-corrected chi connectivity index (χ2v) is 6.01. The molecule has 0 aliphatic carbocycles. The fourth-order valence-electron chi connectivity index (χ4n) is 2.67. The third kappa shape index (κ3) is 3.71. The van der Waals surface area contributed by atoms with E-state index in [0.717, 1.165) is 18.4 Å². The average Bonchev–Trinajstić information content (AvgIpc) is 2.82. The molecule has 1 fully saturated rings. The highest BCUT2D eigenvalue weighted by molar-refractivity contribution is 7.80. The summed E-state index contributed by atoms with van der Waals surface area (Å²) in [7, 11) is 6.47. The van der Waals surface area contributed by atoms with Crippen molar-refractivity contribution in [2.75, 3.05) is 34.9 Å². The van der Waals surface area contributed by atoms with Crippen molar-refractivity contribution in [3.05, 3.63) is 23.4 Å². The number of thiocarbonyl (C=S) groups is 1. The molecule has 136 valence electrons. The Morgan fingerprint density at radius 3 is 2.20 bits per heavy atom. The van der Waals surface area contributed by atoms with Gasteiger partial charge in [-0.05, 0) is 42.4 Å². The highest BCUT2D eigenvalue weighted by Gasteiger charge is 2.35. The number of benzene rings is 1. The molecule has 0 radical (unpaired) electrons. The fraction of sp³-hybridized carbons (Fsp3) is 0.444. The van der Waals surface area contributed by atoms with E-state index < -0.39 is 0 Å². The molecule has 0 spiro atoms. The van der Waals surface area contributed by atoms with Crippen LogP contribution in [-0.4, -0.2) is 55.7 Å². The van der Waals surface area contributed by atoms with E-state index in [-0.39, 0.29) is 5.91 Å². The molecule has 25 heavy (non-hydrogen) atoms. The Morgan fingerprint density at radius 1 is 1.12 bits per heavy atom. The zero-order chi connectivity index (χ0) is 18.6. The summed E-state index contributed by atoms with van der Waals surface area (Å²) in [4.78, 5) is 16.1. The van der Waals surface area contributed by atoms with E-state index in [2.05, 4.69) is 6.92 Å². The van der Waals surface area contributed by atoms with Gasteiger partial charge in [-0.15, -0.1) is 0 Å². The average molecular weight is 364 g/mol. The summed E-state index contributed by atoms with van der Waals surface area (Å²) in [6.07, 6.45) is 3.70. The first-order chi connectivity index (χ1) is 12.0. The van der Waals surface area contributed by atoms with Gasteiger partial charge in [0, 0.05) is 13.6 Å². The van der Waals surface area contributed by atoms with Crippen molar-refractivity contribution < 1.29 is 19.0 Å². The van der Waals surface area contributed by atoms with Gasteiger partial charge in [-0.3, -0.25) is 9.69 Å². The van der Waals surface area contributed by atoms with Crippen LogP contribution in [0.5, 0.6) is 17.2 Å². The Bertz CT molecular complexity index is 677. The minimum atomic E-state index is -0.0882. The molecule has 0 unspecified atom stereocenters. The van der Waals surface area contributed by atoms with Crippen LogP contribution >= 0.6 is 12.2 Å². The highest BCUT2D eigenvalue weighted by Crippen LogP contribution is 2.39. The van der Waals surface area contributed by atoms with Gasteiger partial charge in [-0.25, -0.2) is 0 Å². The standard InChI is InChI=1S/C18H24N2O4S/c1-6-7-8-20-17(21)13(19(2)18(20)25)9-12-10-14(22-3)16(24-5)15(11-12)23-4/h9-11H,6-8H2,1-5H3/b13-9-. The summed E-state index contributed by atoms with van der Waals surface area (Å²) in [5.41, 5.74) is 1.29. The van der Waals surface area contributed by atoms with Gasteiger partial charge in [-0.1, -0.05) is 13.3 Å². The molecule has 7 heteroatoms. The molecular weight excluding hydrogens is 340 g/mol. The topological polar surface area (TPSA) is 51.2 Å². The SMILES string of the molecule is CCCCN1C(=O)/C(=C/c2cc(OC)c(OC)c(OC)c2)N(C)C1=S. The first kappa shape index (κ1) is 19.1. The van der Waals surface area contributed by atoms with Crippen LogP contribution in [0.3, 0.4) is 0 Å². The zero-order valence-corrected chi connectivity index (χ0v) is 16.1. The second kappa shape index (κ2) is 8.20. The molecule has 0 bridgehead atoms. The Morgan fingerprint density at radius 2 is 1.72 bits per heavy atom. The molecule has 1 aliphatic rings. The number of carbonyl (C=O) groups is 1. The van der Waals surface area contributed by atoms with E-state index in [1.54, 1.807) is 56.4 Å². The maximum absolute atomic E-state index is 12.7. The number of methoxy groups -OCH3 is 3. The fourth-order valence-corrected chi connectivity index (χ4v) is 2.94. The van der Waals surface area contributed by atoms with Crippen LogP contribution in [0.2, 0.25) is 0 Å². The number of hydrogen-bond acceptors (Lipinski definition) is 5. The maximum Gasteiger partial charge on any atom is 0.276 e. The summed E-state index contributed by atoms with van der Waals surface area (Å²) in [5, 5.41) is 0.525. The lowest BCUT2D eigenvalue weighted by molar-refractivity contribution is -0.122. The van der Waals surface area contributed by atoms with E-state index in [0.29, 0.717) is 34.6 Å². The van der Waals surface area contributed by atoms with Crippen molar-refractivity contribution >= 4 is 29.3 Å². The Labute approximate surface area is 153 Å². The zero-order valence-electron chi connectivity index (χ0n) is 15.3. The van der Waals surface area contributed by atoms with Crippen LogP contribution in [0.25, 0.3) is 6.08 Å². The lowest BCUT2D eigenvalue weighted by Gasteiger charge is -2.15. The molecule has 0 atom stereocenters. The quantitative estimate of drug-likeness (QED) is 0.548. The minimum absolute atomic E-state index is 0.0882. The largest absolute Gasteiger partial charge is 0.493 e. The predicted octanol–water partition coefficient (Wildman–Crippen LogP) is 2.91. The number of carbonyl (C=O) groups excluding carboxylic acids is 1. The van der Waals surface area contributed by atoms with Gasteiger partial charge < -0.3 is 19.1 Å². The number of hydrogen-bond donors (Lipinski definition) is 0. The van der Waals surface area contributed by atoms with Crippen molar-refractivity contribution in [3.8, 4) is 17.2 Å². The molecule has 1 aliphatic heterocycles. The van der Waals surface area contributed by atoms with Gasteiger partial charge >= 0.3 is 0 Å². The monoisotopic (exact) mass is 364 g/mol. The number of nitrogens with zero attached hydrogens (tertiary/aromatic N) is 2. The first-order valence-electron chi connectivity index (χ1n) is 8.09. The molecule has 1 amide bonds. The van der Waals surface area contributed by atoms with E-state index >= 15 is 0 Å². The molecule has 0 saturated carbocycles. The van der Waals surface area contributed by atoms with Crippen molar-refractivity contribution in [2.24, 2.45) is 0 Å². The van der Waals surface area contributed by atoms with Crippen molar-refractivity contribution in [1.82, 2.24) is 9.80 Å².